The molecule has 2 aromatic carbocycles. The van der Waals surface area contributed by atoms with Crippen molar-refractivity contribution < 1.29 is 26.4 Å². The van der Waals surface area contributed by atoms with Gasteiger partial charge in [0.05, 0.1) is 23.1 Å². The molecule has 2 heterocycles. The van der Waals surface area contributed by atoms with Gasteiger partial charge >= 0.3 is 0 Å². The molecule has 0 bridgehead atoms. The average molecular weight is 528 g/mol. The predicted octanol–water partition coefficient (Wildman–Crippen LogP) is 2.79. The molecule has 4 rings (SSSR count). The van der Waals surface area contributed by atoms with E-state index in [1.54, 1.807) is 0 Å². The summed E-state index contributed by atoms with van der Waals surface area (Å²) in [4.78, 5) is 12.8. The molecule has 2 aliphatic heterocycles. The van der Waals surface area contributed by atoms with Crippen molar-refractivity contribution in [2.45, 2.75) is 29.1 Å². The summed E-state index contributed by atoms with van der Waals surface area (Å²) in [7, 11) is -7.44. The van der Waals surface area contributed by atoms with Crippen LogP contribution in [0.25, 0.3) is 0 Å². The van der Waals surface area contributed by atoms with Gasteiger partial charge in [-0.2, -0.15) is 8.61 Å². The van der Waals surface area contributed by atoms with E-state index in [1.807, 2.05) is 0 Å². The summed E-state index contributed by atoms with van der Waals surface area (Å²) >= 11 is 6.19. The Balaban J connectivity index is 1.50. The van der Waals surface area contributed by atoms with Gasteiger partial charge in [0.2, 0.25) is 20.0 Å². The first kappa shape index (κ1) is 25.1. The Hall–Kier alpha value is -2.02. The Bertz CT molecular complexity index is 1250. The number of amides is 1. The second-order valence-corrected chi connectivity index (χ2v) is 12.4. The quantitative estimate of drug-likeness (QED) is 0.618. The maximum absolute atomic E-state index is 13.0. The van der Waals surface area contributed by atoms with Crippen LogP contribution in [0.4, 0.5) is 5.69 Å². The van der Waals surface area contributed by atoms with Crippen molar-refractivity contribution in [3.05, 3.63) is 53.1 Å². The highest BCUT2D eigenvalue weighted by Crippen LogP contribution is 2.29. The number of carbonyl (C=O) groups excluding carboxylic acids is 1. The Morgan fingerprint density at radius 2 is 1.44 bits per heavy atom. The van der Waals surface area contributed by atoms with Gasteiger partial charge in [0.1, 0.15) is 4.90 Å². The smallest absolute Gasteiger partial charge is 0.255 e. The van der Waals surface area contributed by atoms with E-state index in [4.69, 9.17) is 16.3 Å². The van der Waals surface area contributed by atoms with Gasteiger partial charge in [-0.05, 0) is 55.3 Å². The number of benzene rings is 2. The van der Waals surface area contributed by atoms with E-state index in [1.165, 1.54) is 51.1 Å². The fourth-order valence-electron chi connectivity index (χ4n) is 3.94. The maximum Gasteiger partial charge on any atom is 0.255 e. The van der Waals surface area contributed by atoms with Gasteiger partial charge in [0.25, 0.3) is 5.91 Å². The van der Waals surface area contributed by atoms with Gasteiger partial charge in [0.15, 0.2) is 0 Å². The van der Waals surface area contributed by atoms with Gasteiger partial charge in [-0.3, -0.25) is 4.79 Å². The van der Waals surface area contributed by atoms with Gasteiger partial charge < -0.3 is 10.1 Å². The molecule has 9 nitrogen and oxygen atoms in total. The number of nitrogens with one attached hydrogen (secondary N) is 1. The summed E-state index contributed by atoms with van der Waals surface area (Å²) in [5.41, 5.74) is 0.506. The van der Waals surface area contributed by atoms with Crippen LogP contribution >= 0.6 is 11.6 Å². The van der Waals surface area contributed by atoms with E-state index >= 15 is 0 Å². The lowest BCUT2D eigenvalue weighted by Crippen LogP contribution is -2.40. The van der Waals surface area contributed by atoms with Crippen LogP contribution in [0, 0.1) is 0 Å². The molecule has 2 aliphatic rings. The van der Waals surface area contributed by atoms with Crippen LogP contribution in [0.3, 0.4) is 0 Å². The van der Waals surface area contributed by atoms with Crippen molar-refractivity contribution >= 4 is 43.2 Å². The first-order valence-corrected chi connectivity index (χ1v) is 14.2. The highest BCUT2D eigenvalue weighted by atomic mass is 35.5. The first-order valence-electron chi connectivity index (χ1n) is 11.0. The maximum atomic E-state index is 13.0. The third-order valence-corrected chi connectivity index (χ3v) is 10.1. The van der Waals surface area contributed by atoms with Gasteiger partial charge in [-0.15, -0.1) is 0 Å². The molecule has 2 saturated heterocycles. The molecule has 34 heavy (non-hydrogen) atoms. The van der Waals surface area contributed by atoms with Crippen LogP contribution in [0.1, 0.15) is 29.6 Å². The highest BCUT2D eigenvalue weighted by Gasteiger charge is 2.29. The van der Waals surface area contributed by atoms with E-state index in [2.05, 4.69) is 5.32 Å². The molecule has 0 spiro atoms. The Kier molecular flexibility index (Phi) is 7.60. The monoisotopic (exact) mass is 527 g/mol. The Morgan fingerprint density at radius 3 is 2.09 bits per heavy atom. The predicted molar refractivity (Wildman–Crippen MR) is 128 cm³/mol. The fraction of sp³-hybridized carbons (Fsp3) is 0.409. The van der Waals surface area contributed by atoms with E-state index in [0.29, 0.717) is 26.3 Å². The number of sulfonamides is 2. The molecule has 1 N–H and O–H groups in total. The van der Waals surface area contributed by atoms with E-state index < -0.39 is 26.0 Å². The molecule has 0 unspecified atom stereocenters. The standard InChI is InChI=1S/C22H26ClN3O6S2/c23-20-9-6-18(16-21(20)34(30,31)25-10-2-1-3-11-25)24-22(27)17-4-7-19(8-5-17)33(28,29)26-12-14-32-15-13-26/h4-9,16H,1-3,10-15H2,(H,24,27). The number of halogens is 1. The highest BCUT2D eigenvalue weighted by molar-refractivity contribution is 7.89. The number of ether oxygens (including phenoxy) is 1. The minimum atomic E-state index is -3.78. The summed E-state index contributed by atoms with van der Waals surface area (Å²) < 4.78 is 59.5. The molecule has 12 heteroatoms. The minimum absolute atomic E-state index is 0.0548. The number of hydrogen-bond acceptors (Lipinski definition) is 6. The molecule has 0 radical (unpaired) electrons. The molecule has 2 aromatic rings. The average Bonchev–Trinajstić information content (AvgIpc) is 2.86. The third-order valence-electron chi connectivity index (χ3n) is 5.85. The molecule has 0 atom stereocenters. The lowest BCUT2D eigenvalue weighted by Gasteiger charge is -2.26. The summed E-state index contributed by atoms with van der Waals surface area (Å²) in [6.07, 6.45) is 2.58. The van der Waals surface area contributed by atoms with Crippen molar-refractivity contribution in [2.75, 3.05) is 44.7 Å². The van der Waals surface area contributed by atoms with Crippen LogP contribution in [-0.2, 0) is 24.8 Å². The number of rotatable bonds is 6. The third kappa shape index (κ3) is 5.29. The number of anilines is 1. The summed E-state index contributed by atoms with van der Waals surface area (Å²) in [5.74, 6) is -0.501. The zero-order valence-corrected chi connectivity index (χ0v) is 20.8. The number of hydrogen-bond donors (Lipinski definition) is 1. The van der Waals surface area contributed by atoms with E-state index in [0.717, 1.165) is 19.3 Å². The first-order chi connectivity index (χ1) is 16.2. The lowest BCUT2D eigenvalue weighted by atomic mass is 10.2. The van der Waals surface area contributed by atoms with Crippen LogP contribution in [0.15, 0.2) is 52.3 Å². The summed E-state index contributed by atoms with van der Waals surface area (Å²) in [6, 6.07) is 9.91. The van der Waals surface area contributed by atoms with E-state index in [-0.39, 0.29) is 39.2 Å². The second kappa shape index (κ2) is 10.3. The van der Waals surface area contributed by atoms with E-state index in [9.17, 15) is 21.6 Å². The molecule has 0 aliphatic carbocycles. The topological polar surface area (TPSA) is 113 Å². The Labute approximate surface area is 204 Å². The number of nitrogens with zero attached hydrogens (tertiary/aromatic N) is 2. The van der Waals surface area contributed by atoms with Crippen molar-refractivity contribution in [1.82, 2.24) is 8.61 Å². The van der Waals surface area contributed by atoms with Crippen molar-refractivity contribution in [3.8, 4) is 0 Å². The zero-order valence-electron chi connectivity index (χ0n) is 18.4. The van der Waals surface area contributed by atoms with Crippen LogP contribution in [-0.4, -0.2) is 70.7 Å². The summed E-state index contributed by atoms with van der Waals surface area (Å²) in [6.45, 7) is 2.13. The van der Waals surface area contributed by atoms with Gasteiger partial charge in [0, 0.05) is 37.4 Å². The Morgan fingerprint density at radius 1 is 0.824 bits per heavy atom. The van der Waals surface area contributed by atoms with Crippen LogP contribution < -0.4 is 5.32 Å². The van der Waals surface area contributed by atoms with Crippen LogP contribution in [0.2, 0.25) is 5.02 Å². The molecule has 184 valence electrons. The minimum Gasteiger partial charge on any atom is -0.379 e. The largest absolute Gasteiger partial charge is 0.379 e. The van der Waals surface area contributed by atoms with Crippen molar-refractivity contribution in [3.63, 3.8) is 0 Å². The fourth-order valence-corrected chi connectivity index (χ4v) is 7.37. The second-order valence-electron chi connectivity index (χ2n) is 8.10. The number of carbonyl (C=O) groups is 1. The van der Waals surface area contributed by atoms with Crippen molar-refractivity contribution in [2.24, 2.45) is 0 Å². The van der Waals surface area contributed by atoms with Crippen LogP contribution in [0.5, 0.6) is 0 Å². The van der Waals surface area contributed by atoms with Crippen molar-refractivity contribution in [1.29, 1.82) is 0 Å². The van der Waals surface area contributed by atoms with Gasteiger partial charge in [-0.1, -0.05) is 18.0 Å². The normalized spacial score (nSPS) is 18.5. The summed E-state index contributed by atoms with van der Waals surface area (Å²) in [5, 5.41) is 2.75. The molecule has 1 amide bonds. The zero-order chi connectivity index (χ0) is 24.3. The molecular weight excluding hydrogens is 502 g/mol. The number of piperidine rings is 1. The lowest BCUT2D eigenvalue weighted by molar-refractivity contribution is 0.0730. The molecule has 0 aromatic heterocycles. The SMILES string of the molecule is O=C(Nc1ccc(Cl)c(S(=O)(=O)N2CCCCC2)c1)c1ccc(S(=O)(=O)N2CCOCC2)cc1. The molecule has 0 saturated carbocycles. The molecular formula is C22H26ClN3O6S2. The van der Waals surface area contributed by atoms with Gasteiger partial charge in [-0.25, -0.2) is 16.8 Å². The number of morpholine rings is 1. The molecule has 2 fully saturated rings.